The Bertz CT molecular complexity index is 461. The van der Waals surface area contributed by atoms with E-state index >= 15 is 0 Å². The van der Waals surface area contributed by atoms with E-state index < -0.39 is 0 Å². The highest BCUT2D eigenvalue weighted by Gasteiger charge is 2.13. The molecule has 0 aliphatic rings. The second-order valence-electron chi connectivity index (χ2n) is 4.64. The molecule has 0 fully saturated rings. The van der Waals surface area contributed by atoms with Crippen molar-refractivity contribution in [1.29, 1.82) is 0 Å². The first kappa shape index (κ1) is 14.3. The van der Waals surface area contributed by atoms with Crippen LogP contribution in [0, 0.1) is 17.3 Å². The number of hydrogen-bond acceptors (Lipinski definition) is 3. The molecule has 0 heterocycles. The van der Waals surface area contributed by atoms with Gasteiger partial charge in [-0.25, -0.2) is 4.79 Å². The third-order valence-electron chi connectivity index (χ3n) is 2.36. The topological polar surface area (TPSA) is 35.5 Å². The fourth-order valence-electron chi connectivity index (χ4n) is 1.45. The second-order valence-corrected chi connectivity index (χ2v) is 4.64. The van der Waals surface area contributed by atoms with E-state index in [1.807, 2.05) is 26.0 Å². The van der Waals surface area contributed by atoms with Crippen molar-refractivity contribution in [1.82, 2.24) is 0 Å². The van der Waals surface area contributed by atoms with E-state index in [0.717, 1.165) is 5.56 Å². The monoisotopic (exact) mass is 246 g/mol. The molecule has 0 aliphatic carbocycles. The Kier molecular flexibility index (Phi) is 4.94. The minimum absolute atomic E-state index is 0.185. The number of methoxy groups -OCH3 is 2. The zero-order chi connectivity index (χ0) is 13.6. The summed E-state index contributed by atoms with van der Waals surface area (Å²) in [5, 5.41) is 0. The number of rotatable bonds is 3. The van der Waals surface area contributed by atoms with Crippen molar-refractivity contribution >= 4 is 5.97 Å². The molecule has 0 bridgehead atoms. The van der Waals surface area contributed by atoms with Gasteiger partial charge >= 0.3 is 5.97 Å². The molecule has 0 aromatic heterocycles. The Morgan fingerprint density at radius 2 is 1.83 bits per heavy atom. The van der Waals surface area contributed by atoms with E-state index in [1.54, 1.807) is 19.2 Å². The maximum Gasteiger partial charge on any atom is 0.337 e. The third-order valence-corrected chi connectivity index (χ3v) is 2.36. The molecule has 0 unspecified atom stereocenters. The molecule has 1 aromatic carbocycles. The summed E-state index contributed by atoms with van der Waals surface area (Å²) in [4.78, 5) is 11.3. The molecule has 0 atom stereocenters. The maximum atomic E-state index is 11.3. The van der Waals surface area contributed by atoms with Gasteiger partial charge in [0.25, 0.3) is 0 Å². The summed E-state index contributed by atoms with van der Waals surface area (Å²) in [6.07, 6.45) is 0. The van der Waals surface area contributed by atoms with Crippen LogP contribution in [0.2, 0.25) is 0 Å². The van der Waals surface area contributed by atoms with E-state index in [4.69, 9.17) is 4.74 Å². The Labute approximate surface area is 108 Å². The predicted molar refractivity (Wildman–Crippen MR) is 70.3 cm³/mol. The lowest BCUT2D eigenvalue weighted by atomic mass is 9.95. The Morgan fingerprint density at radius 3 is 2.33 bits per heavy atom. The molecule has 1 aromatic rings. The molecule has 3 nitrogen and oxygen atoms in total. The predicted octanol–water partition coefficient (Wildman–Crippen LogP) is 2.50. The van der Waals surface area contributed by atoms with Crippen LogP contribution in [0.25, 0.3) is 0 Å². The van der Waals surface area contributed by atoms with Gasteiger partial charge in [-0.2, -0.15) is 0 Å². The lowest BCUT2D eigenvalue weighted by Crippen LogP contribution is -2.15. The summed E-state index contributed by atoms with van der Waals surface area (Å²) >= 11 is 0. The Balaban J connectivity index is 2.81. The van der Waals surface area contributed by atoms with Crippen LogP contribution >= 0.6 is 0 Å². The highest BCUT2D eigenvalue weighted by atomic mass is 16.5. The fourth-order valence-corrected chi connectivity index (χ4v) is 1.45. The van der Waals surface area contributed by atoms with Crippen LogP contribution in [0.5, 0.6) is 0 Å². The molecule has 0 saturated carbocycles. The van der Waals surface area contributed by atoms with Crippen molar-refractivity contribution < 1.29 is 14.3 Å². The maximum absolute atomic E-state index is 11.3. The smallest absolute Gasteiger partial charge is 0.337 e. The molecule has 0 saturated heterocycles. The first-order valence-corrected chi connectivity index (χ1v) is 5.69. The third kappa shape index (κ3) is 4.23. The van der Waals surface area contributed by atoms with Gasteiger partial charge in [0.15, 0.2) is 0 Å². The van der Waals surface area contributed by atoms with Crippen molar-refractivity contribution in [2.75, 3.05) is 20.8 Å². The average molecular weight is 246 g/mol. The number of esters is 1. The standard InChI is InChI=1S/C15H18O3/c1-15(2,11-17-3)10-9-12-5-7-13(8-6-12)14(16)18-4/h5-8H,11H2,1-4H3. The summed E-state index contributed by atoms with van der Waals surface area (Å²) in [5.41, 5.74) is 1.21. The largest absolute Gasteiger partial charge is 0.465 e. The van der Waals surface area contributed by atoms with Crippen molar-refractivity contribution in [3.63, 3.8) is 0 Å². The number of benzene rings is 1. The van der Waals surface area contributed by atoms with Crippen molar-refractivity contribution in [2.24, 2.45) is 5.41 Å². The van der Waals surface area contributed by atoms with E-state index in [2.05, 4.69) is 16.6 Å². The van der Waals surface area contributed by atoms with Crippen molar-refractivity contribution in [3.05, 3.63) is 35.4 Å². The van der Waals surface area contributed by atoms with Crippen LogP contribution in [0.4, 0.5) is 0 Å². The highest BCUT2D eigenvalue weighted by molar-refractivity contribution is 5.89. The van der Waals surface area contributed by atoms with E-state index in [9.17, 15) is 4.79 Å². The number of carbonyl (C=O) groups is 1. The lowest BCUT2D eigenvalue weighted by Gasteiger charge is -2.15. The number of ether oxygens (including phenoxy) is 2. The normalized spacial score (nSPS) is 10.4. The van der Waals surface area contributed by atoms with Gasteiger partial charge in [-0.3, -0.25) is 0 Å². The van der Waals surface area contributed by atoms with Crippen molar-refractivity contribution in [2.45, 2.75) is 13.8 Å². The zero-order valence-corrected chi connectivity index (χ0v) is 11.2. The van der Waals surface area contributed by atoms with Crippen LogP contribution < -0.4 is 0 Å². The lowest BCUT2D eigenvalue weighted by molar-refractivity contribution is 0.0601. The summed E-state index contributed by atoms with van der Waals surface area (Å²) in [6, 6.07) is 7.03. The van der Waals surface area contributed by atoms with Crippen LogP contribution in [0.1, 0.15) is 29.8 Å². The summed E-state index contributed by atoms with van der Waals surface area (Å²) in [6.45, 7) is 4.62. The Hall–Kier alpha value is -1.79. The zero-order valence-electron chi connectivity index (χ0n) is 11.2. The van der Waals surface area contributed by atoms with Gasteiger partial charge in [-0.15, -0.1) is 0 Å². The van der Waals surface area contributed by atoms with Crippen LogP contribution in [0.15, 0.2) is 24.3 Å². The first-order chi connectivity index (χ1) is 8.48. The highest BCUT2D eigenvalue weighted by Crippen LogP contribution is 2.13. The van der Waals surface area contributed by atoms with Gasteiger partial charge < -0.3 is 9.47 Å². The van der Waals surface area contributed by atoms with E-state index in [0.29, 0.717) is 12.2 Å². The van der Waals surface area contributed by atoms with Crippen LogP contribution in [0.3, 0.4) is 0 Å². The van der Waals surface area contributed by atoms with E-state index in [-0.39, 0.29) is 11.4 Å². The van der Waals surface area contributed by atoms with Crippen LogP contribution in [-0.2, 0) is 9.47 Å². The van der Waals surface area contributed by atoms with Gasteiger partial charge in [0.2, 0.25) is 0 Å². The quantitative estimate of drug-likeness (QED) is 0.607. The first-order valence-electron chi connectivity index (χ1n) is 5.69. The molecule has 0 N–H and O–H groups in total. The molecule has 0 radical (unpaired) electrons. The second kappa shape index (κ2) is 6.23. The van der Waals surface area contributed by atoms with Gasteiger partial charge in [-0.05, 0) is 38.1 Å². The number of hydrogen-bond donors (Lipinski definition) is 0. The fraction of sp³-hybridized carbons (Fsp3) is 0.400. The molecule has 1 rings (SSSR count). The molecule has 3 heteroatoms. The van der Waals surface area contributed by atoms with Gasteiger partial charge in [0, 0.05) is 18.1 Å². The van der Waals surface area contributed by atoms with Gasteiger partial charge in [0.05, 0.1) is 19.3 Å². The molecule has 0 aliphatic heterocycles. The molecule has 96 valence electrons. The summed E-state index contributed by atoms with van der Waals surface area (Å²) < 4.78 is 9.73. The molecular formula is C15H18O3. The van der Waals surface area contributed by atoms with Crippen molar-refractivity contribution in [3.8, 4) is 11.8 Å². The molecule has 0 amide bonds. The number of carbonyl (C=O) groups excluding carboxylic acids is 1. The van der Waals surface area contributed by atoms with E-state index in [1.165, 1.54) is 7.11 Å². The molecular weight excluding hydrogens is 228 g/mol. The minimum Gasteiger partial charge on any atom is -0.465 e. The van der Waals surface area contributed by atoms with Crippen LogP contribution in [-0.4, -0.2) is 26.8 Å². The average Bonchev–Trinajstić information content (AvgIpc) is 2.36. The Morgan fingerprint density at radius 1 is 1.22 bits per heavy atom. The molecule has 18 heavy (non-hydrogen) atoms. The van der Waals surface area contributed by atoms with Gasteiger partial charge in [-0.1, -0.05) is 11.8 Å². The summed E-state index contributed by atoms with van der Waals surface area (Å²) in [7, 11) is 3.03. The SMILES string of the molecule is COCC(C)(C)C#Cc1ccc(C(=O)OC)cc1. The summed E-state index contributed by atoms with van der Waals surface area (Å²) in [5.74, 6) is 5.88. The minimum atomic E-state index is -0.339. The van der Waals surface area contributed by atoms with Gasteiger partial charge in [0.1, 0.15) is 0 Å². The molecule has 0 spiro atoms.